The van der Waals surface area contributed by atoms with Crippen molar-refractivity contribution < 1.29 is 9.53 Å². The number of para-hydroxylation sites is 1. The summed E-state index contributed by atoms with van der Waals surface area (Å²) in [4.78, 5) is 12.4. The third-order valence-electron chi connectivity index (χ3n) is 3.14. The van der Waals surface area contributed by atoms with E-state index in [0.29, 0.717) is 15.6 Å². The highest BCUT2D eigenvalue weighted by atomic mass is 35.5. The van der Waals surface area contributed by atoms with Crippen LogP contribution in [0.25, 0.3) is 0 Å². The van der Waals surface area contributed by atoms with Crippen molar-refractivity contribution >= 4 is 28.8 Å². The fraction of sp³-hybridized carbons (Fsp3) is 0.267. The number of carbonyl (C=O) groups excluding carboxylic acids is 1. The van der Waals surface area contributed by atoms with Crippen LogP contribution in [-0.4, -0.2) is 11.9 Å². The highest BCUT2D eigenvalue weighted by Gasteiger charge is 2.24. The van der Waals surface area contributed by atoms with E-state index < -0.39 is 5.91 Å². The Kier molecular flexibility index (Phi) is 5.22. The molecular formula is C15H17ClN2O2S. The van der Waals surface area contributed by atoms with Crippen LogP contribution < -0.4 is 16.2 Å². The number of thiophene rings is 1. The number of hydrogen-bond acceptors (Lipinski definition) is 4. The molecule has 6 heteroatoms. The highest BCUT2D eigenvalue weighted by Crippen LogP contribution is 2.33. The van der Waals surface area contributed by atoms with E-state index in [1.807, 2.05) is 13.0 Å². The summed E-state index contributed by atoms with van der Waals surface area (Å²) in [5, 5.41) is 0. The molecule has 4 N–H and O–H groups in total. The molecule has 0 aliphatic carbocycles. The van der Waals surface area contributed by atoms with Crippen molar-refractivity contribution in [2.75, 3.05) is 0 Å². The van der Waals surface area contributed by atoms with Gasteiger partial charge in [0.05, 0.1) is 9.90 Å². The molecule has 1 amide bonds. The van der Waals surface area contributed by atoms with Crippen molar-refractivity contribution in [3.05, 3.63) is 51.2 Å². The minimum absolute atomic E-state index is 0.208. The predicted molar refractivity (Wildman–Crippen MR) is 85.9 cm³/mol. The Labute approximate surface area is 132 Å². The van der Waals surface area contributed by atoms with Gasteiger partial charge in [0.15, 0.2) is 0 Å². The predicted octanol–water partition coefficient (Wildman–Crippen LogP) is 3.36. The minimum Gasteiger partial charge on any atom is -0.482 e. The van der Waals surface area contributed by atoms with Crippen molar-refractivity contribution in [3.63, 3.8) is 0 Å². The van der Waals surface area contributed by atoms with Gasteiger partial charge in [0.25, 0.3) is 5.91 Å². The molecule has 0 spiro atoms. The smallest absolute Gasteiger partial charge is 0.252 e. The van der Waals surface area contributed by atoms with Crippen LogP contribution in [-0.2, 0) is 0 Å². The van der Waals surface area contributed by atoms with Gasteiger partial charge in [0.1, 0.15) is 11.9 Å². The summed E-state index contributed by atoms with van der Waals surface area (Å²) in [6.45, 7) is 1.98. The van der Waals surface area contributed by atoms with E-state index in [1.165, 1.54) is 11.3 Å². The monoisotopic (exact) mass is 324 g/mol. The van der Waals surface area contributed by atoms with Crippen molar-refractivity contribution in [3.8, 4) is 5.75 Å². The standard InChI is InChI=1S/C15H17ClN2O2S/c1-2-10(17)14(12-7-8-13(16)21-12)20-11-6-4-3-5-9(11)15(18)19/h3-8,10,14H,2,17H2,1H3,(H2,18,19). The normalized spacial score (nSPS) is 13.7. The van der Waals surface area contributed by atoms with Gasteiger partial charge in [-0.3, -0.25) is 4.79 Å². The first-order valence-electron chi connectivity index (χ1n) is 6.59. The topological polar surface area (TPSA) is 78.3 Å². The van der Waals surface area contributed by atoms with Gasteiger partial charge >= 0.3 is 0 Å². The van der Waals surface area contributed by atoms with Crippen molar-refractivity contribution in [1.82, 2.24) is 0 Å². The molecular weight excluding hydrogens is 308 g/mol. The first kappa shape index (κ1) is 15.8. The molecule has 0 aliphatic rings. The van der Waals surface area contributed by atoms with Crippen LogP contribution in [0, 0.1) is 0 Å². The van der Waals surface area contributed by atoms with Crippen molar-refractivity contribution in [2.45, 2.75) is 25.5 Å². The zero-order valence-electron chi connectivity index (χ0n) is 11.6. The second-order valence-corrected chi connectivity index (χ2v) is 6.36. The Morgan fingerprint density at radius 3 is 2.62 bits per heavy atom. The maximum atomic E-state index is 11.5. The zero-order valence-corrected chi connectivity index (χ0v) is 13.2. The van der Waals surface area contributed by atoms with Gasteiger partial charge in [-0.1, -0.05) is 30.7 Å². The van der Waals surface area contributed by atoms with Crippen molar-refractivity contribution in [2.24, 2.45) is 11.5 Å². The number of rotatable bonds is 6. The molecule has 21 heavy (non-hydrogen) atoms. The minimum atomic E-state index is -0.529. The first-order valence-corrected chi connectivity index (χ1v) is 7.78. The number of ether oxygens (including phenoxy) is 1. The number of hydrogen-bond donors (Lipinski definition) is 2. The molecule has 4 nitrogen and oxygen atoms in total. The van der Waals surface area contributed by atoms with Gasteiger partial charge in [-0.05, 0) is 30.7 Å². The summed E-state index contributed by atoms with van der Waals surface area (Å²) in [7, 11) is 0. The SMILES string of the molecule is CCC(N)C(Oc1ccccc1C(N)=O)c1ccc(Cl)s1. The van der Waals surface area contributed by atoms with E-state index in [9.17, 15) is 4.79 Å². The molecule has 0 fully saturated rings. The number of nitrogens with two attached hydrogens (primary N) is 2. The molecule has 0 saturated heterocycles. The number of primary amides is 1. The van der Waals surface area contributed by atoms with Crippen LogP contribution in [0.5, 0.6) is 5.75 Å². The van der Waals surface area contributed by atoms with Gasteiger partial charge < -0.3 is 16.2 Å². The summed E-state index contributed by atoms with van der Waals surface area (Å²) in [5.41, 5.74) is 11.9. The number of carbonyl (C=O) groups is 1. The van der Waals surface area contributed by atoms with E-state index in [1.54, 1.807) is 30.3 Å². The maximum Gasteiger partial charge on any atom is 0.252 e. The van der Waals surface area contributed by atoms with E-state index in [4.69, 9.17) is 27.8 Å². The summed E-state index contributed by atoms with van der Waals surface area (Å²) < 4.78 is 6.66. The third-order valence-corrected chi connectivity index (χ3v) is 4.43. The zero-order chi connectivity index (χ0) is 15.4. The van der Waals surface area contributed by atoms with Gasteiger partial charge in [0.2, 0.25) is 0 Å². The molecule has 2 aromatic rings. The Balaban J connectivity index is 2.34. The fourth-order valence-corrected chi connectivity index (χ4v) is 3.13. The van der Waals surface area contributed by atoms with E-state index in [0.717, 1.165) is 11.3 Å². The van der Waals surface area contributed by atoms with Crippen molar-refractivity contribution in [1.29, 1.82) is 0 Å². The van der Waals surface area contributed by atoms with E-state index in [-0.39, 0.29) is 12.1 Å². The Morgan fingerprint density at radius 2 is 2.05 bits per heavy atom. The molecule has 0 aliphatic heterocycles. The van der Waals surface area contributed by atoms with Crippen LogP contribution in [0.2, 0.25) is 4.34 Å². The molecule has 1 aromatic carbocycles. The lowest BCUT2D eigenvalue weighted by atomic mass is 10.1. The van der Waals surface area contributed by atoms with Crippen LogP contribution in [0.3, 0.4) is 0 Å². The average Bonchev–Trinajstić information content (AvgIpc) is 2.90. The Bertz CT molecular complexity index is 630. The molecule has 2 unspecified atom stereocenters. The van der Waals surface area contributed by atoms with Crippen LogP contribution >= 0.6 is 22.9 Å². The summed E-state index contributed by atoms with van der Waals surface area (Å²) in [6, 6.07) is 10.4. The first-order chi connectivity index (χ1) is 10.0. The molecule has 0 saturated carbocycles. The molecule has 1 aromatic heterocycles. The van der Waals surface area contributed by atoms with Gasteiger partial charge in [-0.2, -0.15) is 0 Å². The van der Waals surface area contributed by atoms with E-state index in [2.05, 4.69) is 0 Å². The van der Waals surface area contributed by atoms with Crippen LogP contribution in [0.1, 0.15) is 34.7 Å². The molecule has 2 atom stereocenters. The third kappa shape index (κ3) is 3.75. The second kappa shape index (κ2) is 6.93. The summed E-state index contributed by atoms with van der Waals surface area (Å²) in [6.07, 6.45) is 0.367. The summed E-state index contributed by atoms with van der Waals surface area (Å²) >= 11 is 7.40. The van der Waals surface area contributed by atoms with Crippen LogP contribution in [0.15, 0.2) is 36.4 Å². The Hall–Kier alpha value is -1.56. The number of halogens is 1. The molecule has 0 radical (unpaired) electrons. The molecule has 0 bridgehead atoms. The van der Waals surface area contributed by atoms with E-state index >= 15 is 0 Å². The van der Waals surface area contributed by atoms with Crippen LogP contribution in [0.4, 0.5) is 0 Å². The van der Waals surface area contributed by atoms with Gasteiger partial charge in [-0.15, -0.1) is 11.3 Å². The maximum absolute atomic E-state index is 11.5. The lowest BCUT2D eigenvalue weighted by Crippen LogP contribution is -2.31. The average molecular weight is 325 g/mol. The second-order valence-electron chi connectivity index (χ2n) is 4.61. The number of amides is 1. The highest BCUT2D eigenvalue weighted by molar-refractivity contribution is 7.16. The number of benzene rings is 1. The van der Waals surface area contributed by atoms with Gasteiger partial charge in [0, 0.05) is 10.9 Å². The largest absolute Gasteiger partial charge is 0.482 e. The molecule has 1 heterocycles. The molecule has 112 valence electrons. The summed E-state index contributed by atoms with van der Waals surface area (Å²) in [5.74, 6) is -0.0953. The lowest BCUT2D eigenvalue weighted by Gasteiger charge is -2.24. The quantitative estimate of drug-likeness (QED) is 0.855. The fourth-order valence-electron chi connectivity index (χ4n) is 1.96. The molecule has 2 rings (SSSR count). The lowest BCUT2D eigenvalue weighted by molar-refractivity contribution is 0.0990. The van der Waals surface area contributed by atoms with Gasteiger partial charge in [-0.25, -0.2) is 0 Å². The Morgan fingerprint density at radius 1 is 1.33 bits per heavy atom.